The smallest absolute Gasteiger partial charge is 0.336 e. The fourth-order valence-corrected chi connectivity index (χ4v) is 2.05. The molecule has 3 rings (SSSR count). The maximum atomic E-state index is 11.2. The van der Waals surface area contributed by atoms with E-state index in [1.165, 1.54) is 6.07 Å². The molecule has 1 aliphatic rings. The molecule has 0 spiro atoms. The molecule has 1 aromatic heterocycles. The highest BCUT2D eigenvalue weighted by Crippen LogP contribution is 2.19. The van der Waals surface area contributed by atoms with Gasteiger partial charge in [0.25, 0.3) is 0 Å². The maximum Gasteiger partial charge on any atom is 0.336 e. The van der Waals surface area contributed by atoms with E-state index in [0.29, 0.717) is 24.5 Å². The van der Waals surface area contributed by atoms with Gasteiger partial charge in [-0.2, -0.15) is 0 Å². The number of halogens is 1. The normalized spacial score (nSPS) is 18.5. The van der Waals surface area contributed by atoms with Gasteiger partial charge >= 0.3 is 5.63 Å². The van der Waals surface area contributed by atoms with E-state index in [9.17, 15) is 4.79 Å². The molecule has 1 N–H and O–H groups in total. The summed E-state index contributed by atoms with van der Waals surface area (Å²) in [6.45, 7) is 2.87. The Bertz CT molecular complexity index is 622. The SMILES string of the molecule is Cl.O=c1ccc2ccc(OC[C@@H]3CNCCO3)cc2o1. The van der Waals surface area contributed by atoms with Crippen LogP contribution in [0.15, 0.2) is 39.5 Å². The molecule has 108 valence electrons. The van der Waals surface area contributed by atoms with Crippen LogP contribution >= 0.6 is 12.4 Å². The minimum absolute atomic E-state index is 0. The molecule has 0 bridgehead atoms. The van der Waals surface area contributed by atoms with E-state index in [-0.39, 0.29) is 24.1 Å². The van der Waals surface area contributed by atoms with E-state index in [0.717, 1.165) is 18.5 Å². The molecular weight excluding hydrogens is 282 g/mol. The summed E-state index contributed by atoms with van der Waals surface area (Å²) in [6, 6.07) is 8.60. The molecule has 6 heteroatoms. The van der Waals surface area contributed by atoms with E-state index in [2.05, 4.69) is 5.32 Å². The summed E-state index contributed by atoms with van der Waals surface area (Å²) >= 11 is 0. The molecule has 0 radical (unpaired) electrons. The molecule has 0 amide bonds. The van der Waals surface area contributed by atoms with Crippen LogP contribution in [0.25, 0.3) is 11.0 Å². The van der Waals surface area contributed by atoms with E-state index in [4.69, 9.17) is 13.9 Å². The van der Waals surface area contributed by atoms with Gasteiger partial charge in [-0.05, 0) is 18.2 Å². The fourth-order valence-electron chi connectivity index (χ4n) is 2.05. The molecule has 20 heavy (non-hydrogen) atoms. The van der Waals surface area contributed by atoms with Gasteiger partial charge in [0.05, 0.1) is 6.61 Å². The van der Waals surface area contributed by atoms with Crippen molar-refractivity contribution in [2.45, 2.75) is 6.10 Å². The molecule has 0 unspecified atom stereocenters. The monoisotopic (exact) mass is 297 g/mol. The second-order valence-electron chi connectivity index (χ2n) is 4.46. The van der Waals surface area contributed by atoms with Crippen LogP contribution in [0.5, 0.6) is 5.75 Å². The summed E-state index contributed by atoms with van der Waals surface area (Å²) in [5.41, 5.74) is 0.178. The minimum atomic E-state index is -0.357. The fraction of sp³-hybridized carbons (Fsp3) is 0.357. The molecule has 5 nitrogen and oxygen atoms in total. The molecule has 2 aromatic rings. The van der Waals surface area contributed by atoms with Crippen LogP contribution < -0.4 is 15.7 Å². The second kappa shape index (κ2) is 6.74. The van der Waals surface area contributed by atoms with E-state index >= 15 is 0 Å². The van der Waals surface area contributed by atoms with Crippen LogP contribution in [-0.4, -0.2) is 32.4 Å². The molecule has 1 fully saturated rings. The average molecular weight is 298 g/mol. The number of rotatable bonds is 3. The van der Waals surface area contributed by atoms with Crippen molar-refractivity contribution in [1.82, 2.24) is 5.32 Å². The molecule has 1 atom stereocenters. The first-order chi connectivity index (χ1) is 9.31. The Morgan fingerprint density at radius 2 is 2.15 bits per heavy atom. The zero-order valence-corrected chi connectivity index (χ0v) is 11.7. The van der Waals surface area contributed by atoms with Crippen molar-refractivity contribution in [3.63, 3.8) is 0 Å². The molecular formula is C14H16ClNO4. The number of hydrogen-bond donors (Lipinski definition) is 1. The highest BCUT2D eigenvalue weighted by molar-refractivity contribution is 5.85. The highest BCUT2D eigenvalue weighted by atomic mass is 35.5. The molecule has 1 aliphatic heterocycles. The standard InChI is InChI=1S/C14H15NO4.ClH/c16-14-4-2-10-1-3-11(7-13(10)19-14)18-9-12-8-15-5-6-17-12;/h1-4,7,12,15H,5-6,8-9H2;1H/t12-;/m0./s1. The Morgan fingerprint density at radius 3 is 2.95 bits per heavy atom. The van der Waals surface area contributed by atoms with Crippen molar-refractivity contribution in [1.29, 1.82) is 0 Å². The quantitative estimate of drug-likeness (QED) is 0.872. The first-order valence-corrected chi connectivity index (χ1v) is 6.30. The number of fused-ring (bicyclic) bond motifs is 1. The lowest BCUT2D eigenvalue weighted by Gasteiger charge is -2.23. The Balaban J connectivity index is 0.00000147. The topological polar surface area (TPSA) is 60.7 Å². The van der Waals surface area contributed by atoms with Crippen LogP contribution in [-0.2, 0) is 4.74 Å². The third kappa shape index (κ3) is 3.50. The third-order valence-electron chi connectivity index (χ3n) is 3.03. The summed E-state index contributed by atoms with van der Waals surface area (Å²) < 4.78 is 16.3. The number of benzene rings is 1. The van der Waals surface area contributed by atoms with Gasteiger partial charge in [-0.1, -0.05) is 0 Å². The maximum absolute atomic E-state index is 11.2. The Hall–Kier alpha value is -1.56. The molecule has 0 saturated carbocycles. The van der Waals surface area contributed by atoms with Crippen molar-refractivity contribution >= 4 is 23.4 Å². The van der Waals surface area contributed by atoms with Gasteiger partial charge < -0.3 is 19.2 Å². The average Bonchev–Trinajstić information content (AvgIpc) is 2.46. The van der Waals surface area contributed by atoms with E-state index in [1.807, 2.05) is 12.1 Å². The lowest BCUT2D eigenvalue weighted by atomic mass is 10.2. The zero-order chi connectivity index (χ0) is 13.1. The Kier molecular flexibility index (Phi) is 5.00. The van der Waals surface area contributed by atoms with Crippen molar-refractivity contribution in [2.24, 2.45) is 0 Å². The third-order valence-corrected chi connectivity index (χ3v) is 3.03. The predicted molar refractivity (Wildman–Crippen MR) is 77.8 cm³/mol. The van der Waals surface area contributed by atoms with Gasteiger partial charge in [0.2, 0.25) is 0 Å². The van der Waals surface area contributed by atoms with E-state index < -0.39 is 0 Å². The van der Waals surface area contributed by atoms with Crippen molar-refractivity contribution in [3.05, 3.63) is 40.8 Å². The molecule has 1 saturated heterocycles. The van der Waals surface area contributed by atoms with Crippen molar-refractivity contribution < 1.29 is 13.9 Å². The summed E-state index contributed by atoms with van der Waals surface area (Å²) in [7, 11) is 0. The van der Waals surface area contributed by atoms with Gasteiger partial charge in [0.1, 0.15) is 24.0 Å². The summed E-state index contributed by atoms with van der Waals surface area (Å²) in [5.74, 6) is 0.677. The second-order valence-corrected chi connectivity index (χ2v) is 4.46. The molecule has 2 heterocycles. The van der Waals surface area contributed by atoms with Crippen LogP contribution in [0, 0.1) is 0 Å². The van der Waals surface area contributed by atoms with Crippen LogP contribution in [0.1, 0.15) is 0 Å². The highest BCUT2D eigenvalue weighted by Gasteiger charge is 2.14. The number of morpholine rings is 1. The largest absolute Gasteiger partial charge is 0.491 e. The predicted octanol–water partition coefficient (Wildman–Crippen LogP) is 1.58. The lowest BCUT2D eigenvalue weighted by Crippen LogP contribution is -2.41. The summed E-state index contributed by atoms with van der Waals surface area (Å²) in [6.07, 6.45) is 0.0622. The van der Waals surface area contributed by atoms with Crippen molar-refractivity contribution in [2.75, 3.05) is 26.3 Å². The van der Waals surface area contributed by atoms with Crippen LogP contribution in [0.3, 0.4) is 0 Å². The summed E-state index contributed by atoms with van der Waals surface area (Å²) in [5, 5.41) is 4.12. The van der Waals surface area contributed by atoms with Crippen LogP contribution in [0.2, 0.25) is 0 Å². The number of hydrogen-bond acceptors (Lipinski definition) is 5. The summed E-state index contributed by atoms with van der Waals surface area (Å²) in [4.78, 5) is 11.2. The van der Waals surface area contributed by atoms with Gasteiger partial charge in [-0.3, -0.25) is 0 Å². The Labute approximate surface area is 122 Å². The van der Waals surface area contributed by atoms with Crippen LogP contribution in [0.4, 0.5) is 0 Å². The van der Waals surface area contributed by atoms with Gasteiger partial charge in [0, 0.05) is 30.6 Å². The molecule has 0 aliphatic carbocycles. The van der Waals surface area contributed by atoms with Gasteiger partial charge in [-0.25, -0.2) is 4.79 Å². The van der Waals surface area contributed by atoms with Crippen molar-refractivity contribution in [3.8, 4) is 5.75 Å². The minimum Gasteiger partial charge on any atom is -0.491 e. The Morgan fingerprint density at radius 1 is 1.30 bits per heavy atom. The zero-order valence-electron chi connectivity index (χ0n) is 10.8. The number of ether oxygens (including phenoxy) is 2. The van der Waals surface area contributed by atoms with E-state index in [1.54, 1.807) is 12.1 Å². The lowest BCUT2D eigenvalue weighted by molar-refractivity contribution is 0.000206. The van der Waals surface area contributed by atoms with Gasteiger partial charge in [0.15, 0.2) is 0 Å². The number of nitrogens with one attached hydrogen (secondary N) is 1. The first kappa shape index (κ1) is 14.8. The molecule has 1 aromatic carbocycles. The first-order valence-electron chi connectivity index (χ1n) is 6.30. The van der Waals surface area contributed by atoms with Gasteiger partial charge in [-0.15, -0.1) is 12.4 Å².